The highest BCUT2D eigenvalue weighted by molar-refractivity contribution is 5.87. The van der Waals surface area contributed by atoms with Crippen molar-refractivity contribution in [3.63, 3.8) is 0 Å². The van der Waals surface area contributed by atoms with Gasteiger partial charge in [0.1, 0.15) is 17.1 Å². The summed E-state index contributed by atoms with van der Waals surface area (Å²) in [6.45, 7) is 0.827. The van der Waals surface area contributed by atoms with Gasteiger partial charge in [-0.2, -0.15) is 9.78 Å². The third-order valence-electron chi connectivity index (χ3n) is 3.54. The highest BCUT2D eigenvalue weighted by Gasteiger charge is 2.26. The lowest BCUT2D eigenvalue weighted by Crippen LogP contribution is -2.23. The molecule has 1 aromatic carbocycles. The van der Waals surface area contributed by atoms with Crippen LogP contribution in [0.3, 0.4) is 0 Å². The minimum absolute atomic E-state index is 0.0991. The van der Waals surface area contributed by atoms with Gasteiger partial charge in [0.25, 0.3) is 0 Å². The van der Waals surface area contributed by atoms with E-state index < -0.39 is 0 Å². The minimum atomic E-state index is -0.0991. The first-order valence-electron chi connectivity index (χ1n) is 6.43. The van der Waals surface area contributed by atoms with E-state index in [0.717, 1.165) is 41.0 Å². The molecule has 0 saturated heterocycles. The van der Waals surface area contributed by atoms with E-state index in [0.29, 0.717) is 5.76 Å². The van der Waals surface area contributed by atoms with Crippen LogP contribution in [0, 0.1) is 5.41 Å². The van der Waals surface area contributed by atoms with Crippen molar-refractivity contribution in [3.8, 4) is 11.5 Å². The molecule has 0 aliphatic carbocycles. The Kier molecular flexibility index (Phi) is 2.14. The molecule has 6 heteroatoms. The van der Waals surface area contributed by atoms with Crippen LogP contribution >= 0.6 is 0 Å². The van der Waals surface area contributed by atoms with Crippen LogP contribution in [0.5, 0.6) is 0 Å². The zero-order valence-corrected chi connectivity index (χ0v) is 10.7. The molecule has 0 fully saturated rings. The molecule has 100 valence electrons. The third kappa shape index (κ3) is 1.45. The fourth-order valence-corrected chi connectivity index (χ4v) is 2.65. The number of benzene rings is 1. The van der Waals surface area contributed by atoms with Crippen LogP contribution < -0.4 is 11.1 Å². The lowest BCUT2D eigenvalue weighted by atomic mass is 10.1. The van der Waals surface area contributed by atoms with Gasteiger partial charge in [0.2, 0.25) is 5.96 Å². The second-order valence-electron chi connectivity index (χ2n) is 4.80. The summed E-state index contributed by atoms with van der Waals surface area (Å²) in [5.41, 5.74) is 8.21. The number of fused-ring (bicyclic) bond motifs is 2. The molecule has 2 aromatic heterocycles. The fraction of sp³-hybridized carbons (Fsp3) is 0.143. The summed E-state index contributed by atoms with van der Waals surface area (Å²) in [6, 6.07) is 9.82. The van der Waals surface area contributed by atoms with Gasteiger partial charge in [0, 0.05) is 17.5 Å². The maximum atomic E-state index is 7.59. The number of hydrogen-bond donors (Lipinski definition) is 3. The molecule has 0 saturated carbocycles. The summed E-state index contributed by atoms with van der Waals surface area (Å²) in [5.74, 6) is 1.41. The van der Waals surface area contributed by atoms with Crippen LogP contribution in [0.2, 0.25) is 0 Å². The first-order valence-corrected chi connectivity index (χ1v) is 6.43. The highest BCUT2D eigenvalue weighted by Crippen LogP contribution is 2.35. The number of nitrogens with two attached hydrogens (primary N) is 1. The van der Waals surface area contributed by atoms with E-state index >= 15 is 0 Å². The van der Waals surface area contributed by atoms with Crippen molar-refractivity contribution in [2.45, 2.75) is 6.42 Å². The van der Waals surface area contributed by atoms with Crippen molar-refractivity contribution >= 4 is 22.7 Å². The number of furan rings is 1. The van der Waals surface area contributed by atoms with E-state index in [1.165, 1.54) is 4.68 Å². The molecule has 0 unspecified atom stereocenters. The molecule has 1 aliphatic heterocycles. The average Bonchev–Trinajstić information content (AvgIpc) is 3.11. The van der Waals surface area contributed by atoms with Gasteiger partial charge in [-0.05, 0) is 18.6 Å². The largest absolute Gasteiger partial charge is 0.454 e. The van der Waals surface area contributed by atoms with E-state index in [1.54, 1.807) is 0 Å². The number of hydrogen-bond acceptors (Lipinski definition) is 4. The summed E-state index contributed by atoms with van der Waals surface area (Å²) in [5, 5.41) is 16.3. The van der Waals surface area contributed by atoms with Crippen molar-refractivity contribution < 1.29 is 4.42 Å². The van der Waals surface area contributed by atoms with Crippen LogP contribution in [0.25, 0.3) is 22.4 Å². The summed E-state index contributed by atoms with van der Waals surface area (Å²) in [4.78, 5) is 0. The molecule has 0 atom stereocenters. The molecule has 0 bridgehead atoms. The van der Waals surface area contributed by atoms with Gasteiger partial charge in [-0.25, -0.2) is 0 Å². The van der Waals surface area contributed by atoms with Crippen molar-refractivity contribution in [1.82, 2.24) is 9.78 Å². The maximum Gasteiger partial charge on any atom is 0.215 e. The Bertz CT molecular complexity index is 796. The van der Waals surface area contributed by atoms with Crippen LogP contribution in [-0.4, -0.2) is 22.3 Å². The number of para-hydroxylation sites is 1. The van der Waals surface area contributed by atoms with Crippen molar-refractivity contribution in [2.75, 3.05) is 11.9 Å². The zero-order chi connectivity index (χ0) is 13.7. The third-order valence-corrected chi connectivity index (χ3v) is 3.54. The van der Waals surface area contributed by atoms with E-state index in [9.17, 15) is 0 Å². The number of rotatable bonds is 1. The molecule has 0 spiro atoms. The second kappa shape index (κ2) is 3.86. The SMILES string of the molecule is N=C(N)n1nc(-c2cc3ccccc3o2)c2c1NCC2. The van der Waals surface area contributed by atoms with E-state index in [-0.39, 0.29) is 5.96 Å². The summed E-state index contributed by atoms with van der Waals surface area (Å²) < 4.78 is 7.28. The topological polar surface area (TPSA) is 92.9 Å². The molecule has 0 radical (unpaired) electrons. The van der Waals surface area contributed by atoms with Gasteiger partial charge in [0.15, 0.2) is 5.76 Å². The van der Waals surface area contributed by atoms with Gasteiger partial charge in [-0.1, -0.05) is 18.2 Å². The fourth-order valence-electron chi connectivity index (χ4n) is 2.65. The van der Waals surface area contributed by atoms with Crippen molar-refractivity contribution in [1.29, 1.82) is 5.41 Å². The number of nitrogens with one attached hydrogen (secondary N) is 2. The maximum absolute atomic E-state index is 7.59. The Morgan fingerprint density at radius 3 is 3.05 bits per heavy atom. The Balaban J connectivity index is 1.94. The zero-order valence-electron chi connectivity index (χ0n) is 10.7. The van der Waals surface area contributed by atoms with Crippen LogP contribution in [0.15, 0.2) is 34.7 Å². The standard InChI is InChI=1S/C14H13N5O/c15-14(16)19-13-9(5-6-17-13)12(18-19)11-7-8-3-1-2-4-10(8)20-11/h1-4,7,17H,5-6H2,(H3,15,16). The minimum Gasteiger partial charge on any atom is -0.454 e. The van der Waals surface area contributed by atoms with Crippen molar-refractivity contribution in [3.05, 3.63) is 35.9 Å². The molecule has 0 amide bonds. The quantitative estimate of drug-likeness (QED) is 0.464. The van der Waals surface area contributed by atoms with Gasteiger partial charge in [-0.15, -0.1) is 0 Å². The summed E-state index contributed by atoms with van der Waals surface area (Å²) >= 11 is 0. The van der Waals surface area contributed by atoms with Crippen LogP contribution in [0.4, 0.5) is 5.82 Å². The van der Waals surface area contributed by atoms with E-state index in [1.807, 2.05) is 30.3 Å². The summed E-state index contributed by atoms with van der Waals surface area (Å²) in [6.07, 6.45) is 0.856. The van der Waals surface area contributed by atoms with Gasteiger partial charge in [-0.3, -0.25) is 5.41 Å². The molecular weight excluding hydrogens is 254 g/mol. The Hall–Kier alpha value is -2.76. The molecule has 20 heavy (non-hydrogen) atoms. The number of aromatic nitrogens is 2. The van der Waals surface area contributed by atoms with Crippen LogP contribution in [-0.2, 0) is 6.42 Å². The number of nitrogen functional groups attached to an aromatic ring is 1. The predicted octanol–water partition coefficient (Wildman–Crippen LogP) is 2.01. The number of anilines is 1. The second-order valence-corrected chi connectivity index (χ2v) is 4.80. The van der Waals surface area contributed by atoms with Gasteiger partial charge in [0.05, 0.1) is 0 Å². The van der Waals surface area contributed by atoms with E-state index in [2.05, 4.69) is 10.4 Å². The molecule has 3 aromatic rings. The van der Waals surface area contributed by atoms with E-state index in [4.69, 9.17) is 15.6 Å². The van der Waals surface area contributed by atoms with Crippen LogP contribution in [0.1, 0.15) is 5.56 Å². The lowest BCUT2D eigenvalue weighted by Gasteiger charge is -2.01. The van der Waals surface area contributed by atoms with Crippen molar-refractivity contribution in [2.24, 2.45) is 5.73 Å². The Labute approximate surface area is 114 Å². The monoisotopic (exact) mass is 267 g/mol. The molecule has 3 heterocycles. The highest BCUT2D eigenvalue weighted by atomic mass is 16.3. The van der Waals surface area contributed by atoms with Gasteiger partial charge < -0.3 is 15.5 Å². The molecule has 4 rings (SSSR count). The Morgan fingerprint density at radius 1 is 1.40 bits per heavy atom. The molecule has 4 N–H and O–H groups in total. The number of nitrogens with zero attached hydrogens (tertiary/aromatic N) is 2. The Morgan fingerprint density at radius 2 is 2.25 bits per heavy atom. The van der Waals surface area contributed by atoms with Gasteiger partial charge >= 0.3 is 0 Å². The molecule has 1 aliphatic rings. The first kappa shape index (κ1) is 11.1. The normalized spacial score (nSPS) is 13.4. The predicted molar refractivity (Wildman–Crippen MR) is 76.9 cm³/mol. The molecular formula is C14H13N5O. The average molecular weight is 267 g/mol. The molecule has 6 nitrogen and oxygen atoms in total. The first-order chi connectivity index (χ1) is 9.74. The summed E-state index contributed by atoms with van der Waals surface area (Å²) in [7, 11) is 0. The smallest absolute Gasteiger partial charge is 0.215 e. The lowest BCUT2D eigenvalue weighted by molar-refractivity contribution is 0.626.